The lowest BCUT2D eigenvalue weighted by Gasteiger charge is -2.33. The zero-order valence-corrected chi connectivity index (χ0v) is 12.6. The number of carboxylic acids is 1. The number of aliphatic hydroxyl groups is 1. The Morgan fingerprint density at radius 2 is 1.62 bits per heavy atom. The number of aliphatic carboxylic acids is 1. The molecule has 2 unspecified atom stereocenters. The Kier molecular flexibility index (Phi) is 5.62. The highest BCUT2D eigenvalue weighted by atomic mass is 16.4. The molecule has 0 saturated heterocycles. The highest BCUT2D eigenvalue weighted by molar-refractivity contribution is 5.85. The van der Waals surface area contributed by atoms with Crippen LogP contribution in [0.1, 0.15) is 70.6 Å². The first-order chi connectivity index (χ1) is 10.0. The minimum atomic E-state index is -0.891. The third-order valence-electron chi connectivity index (χ3n) is 5.09. The fourth-order valence-electron chi connectivity index (χ4n) is 3.72. The van der Waals surface area contributed by atoms with E-state index in [4.69, 9.17) is 0 Å². The third-order valence-corrected chi connectivity index (χ3v) is 5.09. The van der Waals surface area contributed by atoms with E-state index in [0.717, 1.165) is 51.4 Å². The van der Waals surface area contributed by atoms with E-state index in [2.05, 4.69) is 5.32 Å². The predicted octanol–water partition coefficient (Wildman–Crippen LogP) is 2.22. The van der Waals surface area contributed by atoms with Crippen LogP contribution in [0.4, 0.5) is 0 Å². The Bertz CT molecular complexity index is 376. The van der Waals surface area contributed by atoms with Crippen molar-refractivity contribution in [2.75, 3.05) is 0 Å². The van der Waals surface area contributed by atoms with Crippen molar-refractivity contribution in [3.63, 3.8) is 0 Å². The summed E-state index contributed by atoms with van der Waals surface area (Å²) in [6.07, 6.45) is 8.12. The Labute approximate surface area is 126 Å². The van der Waals surface area contributed by atoms with Crippen molar-refractivity contribution < 1.29 is 19.8 Å². The van der Waals surface area contributed by atoms with Crippen LogP contribution in [0.15, 0.2) is 0 Å². The molecule has 21 heavy (non-hydrogen) atoms. The number of carbonyl (C=O) groups is 2. The van der Waals surface area contributed by atoms with Crippen LogP contribution in [0.2, 0.25) is 0 Å². The SMILES string of the molecule is O=C(CC1(C(=O)O)CCCCC1)NC1CCCCCC1O. The molecule has 0 aliphatic heterocycles. The molecule has 2 aliphatic carbocycles. The number of rotatable bonds is 4. The molecule has 5 nitrogen and oxygen atoms in total. The second-order valence-electron chi connectivity index (χ2n) is 6.70. The molecule has 1 amide bonds. The van der Waals surface area contributed by atoms with Crippen LogP contribution in [0.25, 0.3) is 0 Å². The first-order valence-electron chi connectivity index (χ1n) is 8.24. The van der Waals surface area contributed by atoms with Crippen molar-refractivity contribution in [2.24, 2.45) is 5.41 Å². The molecule has 2 saturated carbocycles. The van der Waals surface area contributed by atoms with Crippen LogP contribution < -0.4 is 5.32 Å². The minimum Gasteiger partial charge on any atom is -0.481 e. The molecule has 0 radical (unpaired) electrons. The summed E-state index contributed by atoms with van der Waals surface area (Å²) >= 11 is 0. The van der Waals surface area contributed by atoms with E-state index in [9.17, 15) is 19.8 Å². The van der Waals surface area contributed by atoms with Crippen LogP contribution >= 0.6 is 0 Å². The lowest BCUT2D eigenvalue weighted by molar-refractivity contribution is -0.154. The molecule has 0 spiro atoms. The lowest BCUT2D eigenvalue weighted by Crippen LogP contribution is -2.46. The number of hydrogen-bond acceptors (Lipinski definition) is 3. The molecule has 2 fully saturated rings. The molecule has 0 aromatic carbocycles. The van der Waals surface area contributed by atoms with E-state index >= 15 is 0 Å². The number of carbonyl (C=O) groups excluding carboxylic acids is 1. The lowest BCUT2D eigenvalue weighted by atomic mass is 9.71. The number of hydrogen-bond donors (Lipinski definition) is 3. The summed E-state index contributed by atoms with van der Waals surface area (Å²) in [6.45, 7) is 0. The molecule has 2 aliphatic rings. The molecule has 2 rings (SSSR count). The number of carboxylic acid groups (broad SMARTS) is 1. The van der Waals surface area contributed by atoms with Gasteiger partial charge in [0.15, 0.2) is 0 Å². The van der Waals surface area contributed by atoms with Gasteiger partial charge in [-0.15, -0.1) is 0 Å². The summed E-state index contributed by atoms with van der Waals surface area (Å²) in [5.41, 5.74) is -0.891. The standard InChI is InChI=1S/C16H27NO4/c18-13-8-4-1-3-7-12(13)17-14(19)11-16(15(20)21)9-5-2-6-10-16/h12-13,18H,1-11H2,(H,17,19)(H,20,21). The maximum Gasteiger partial charge on any atom is 0.310 e. The monoisotopic (exact) mass is 297 g/mol. The summed E-state index contributed by atoms with van der Waals surface area (Å²) in [5, 5.41) is 22.4. The Balaban J connectivity index is 1.94. The van der Waals surface area contributed by atoms with E-state index in [-0.39, 0.29) is 18.4 Å². The van der Waals surface area contributed by atoms with E-state index in [0.29, 0.717) is 12.8 Å². The van der Waals surface area contributed by atoms with Crippen LogP contribution in [0, 0.1) is 5.41 Å². The first-order valence-corrected chi connectivity index (χ1v) is 8.24. The zero-order valence-electron chi connectivity index (χ0n) is 12.6. The number of nitrogens with one attached hydrogen (secondary N) is 1. The Hall–Kier alpha value is -1.10. The summed E-state index contributed by atoms with van der Waals surface area (Å²) in [5.74, 6) is -1.07. The van der Waals surface area contributed by atoms with Crippen molar-refractivity contribution in [3.8, 4) is 0 Å². The van der Waals surface area contributed by atoms with Gasteiger partial charge in [-0.25, -0.2) is 0 Å². The quantitative estimate of drug-likeness (QED) is 0.694. The van der Waals surface area contributed by atoms with Gasteiger partial charge in [0.05, 0.1) is 17.6 Å². The molecule has 0 aromatic heterocycles. The van der Waals surface area contributed by atoms with Gasteiger partial charge in [-0.1, -0.05) is 38.5 Å². The van der Waals surface area contributed by atoms with Crippen molar-refractivity contribution in [1.82, 2.24) is 5.32 Å². The van der Waals surface area contributed by atoms with Gasteiger partial charge in [0.1, 0.15) is 0 Å². The van der Waals surface area contributed by atoms with Crippen molar-refractivity contribution in [3.05, 3.63) is 0 Å². The Morgan fingerprint density at radius 1 is 1.00 bits per heavy atom. The summed E-state index contributed by atoms with van der Waals surface area (Å²) in [6, 6.07) is -0.213. The largest absolute Gasteiger partial charge is 0.481 e. The summed E-state index contributed by atoms with van der Waals surface area (Å²) in [4.78, 5) is 23.9. The molecule has 0 heterocycles. The molecule has 2 atom stereocenters. The van der Waals surface area contributed by atoms with Crippen molar-refractivity contribution >= 4 is 11.9 Å². The van der Waals surface area contributed by atoms with E-state index < -0.39 is 17.5 Å². The van der Waals surface area contributed by atoms with Gasteiger partial charge >= 0.3 is 5.97 Å². The number of amides is 1. The minimum absolute atomic E-state index is 0.0472. The zero-order chi connectivity index (χ0) is 15.3. The molecular formula is C16H27NO4. The fraction of sp³-hybridized carbons (Fsp3) is 0.875. The van der Waals surface area contributed by atoms with Gasteiger partial charge in [0.2, 0.25) is 5.91 Å². The van der Waals surface area contributed by atoms with E-state index in [1.54, 1.807) is 0 Å². The average molecular weight is 297 g/mol. The fourth-order valence-corrected chi connectivity index (χ4v) is 3.72. The maximum atomic E-state index is 12.3. The van der Waals surface area contributed by atoms with Crippen molar-refractivity contribution in [2.45, 2.75) is 82.8 Å². The van der Waals surface area contributed by atoms with Gasteiger partial charge in [-0.2, -0.15) is 0 Å². The highest BCUT2D eigenvalue weighted by Crippen LogP contribution is 2.39. The smallest absolute Gasteiger partial charge is 0.310 e. The predicted molar refractivity (Wildman–Crippen MR) is 78.8 cm³/mol. The molecule has 0 aromatic rings. The molecular weight excluding hydrogens is 270 g/mol. The number of aliphatic hydroxyl groups excluding tert-OH is 1. The van der Waals surface area contributed by atoms with Crippen LogP contribution in [0.3, 0.4) is 0 Å². The summed E-state index contributed by atoms with van der Waals surface area (Å²) in [7, 11) is 0. The van der Waals surface area contributed by atoms with Gasteiger partial charge in [0.25, 0.3) is 0 Å². The molecule has 5 heteroatoms. The molecule has 3 N–H and O–H groups in total. The first kappa shape index (κ1) is 16.3. The molecule has 120 valence electrons. The van der Waals surface area contributed by atoms with Crippen LogP contribution in [0.5, 0.6) is 0 Å². The van der Waals surface area contributed by atoms with Gasteiger partial charge in [-0.05, 0) is 25.7 Å². The van der Waals surface area contributed by atoms with Gasteiger partial charge < -0.3 is 15.5 Å². The average Bonchev–Trinajstić information content (AvgIpc) is 2.65. The second kappa shape index (κ2) is 7.25. The van der Waals surface area contributed by atoms with Crippen LogP contribution in [-0.2, 0) is 9.59 Å². The highest BCUT2D eigenvalue weighted by Gasteiger charge is 2.41. The van der Waals surface area contributed by atoms with E-state index in [1.165, 1.54) is 0 Å². The Morgan fingerprint density at radius 3 is 2.29 bits per heavy atom. The van der Waals surface area contributed by atoms with Crippen molar-refractivity contribution in [1.29, 1.82) is 0 Å². The normalized spacial score (nSPS) is 29.4. The second-order valence-corrected chi connectivity index (χ2v) is 6.70. The van der Waals surface area contributed by atoms with Gasteiger partial charge in [0, 0.05) is 6.42 Å². The molecule has 0 bridgehead atoms. The van der Waals surface area contributed by atoms with Crippen LogP contribution in [-0.4, -0.2) is 34.2 Å². The summed E-state index contributed by atoms with van der Waals surface area (Å²) < 4.78 is 0. The maximum absolute atomic E-state index is 12.3. The van der Waals surface area contributed by atoms with Gasteiger partial charge in [-0.3, -0.25) is 9.59 Å². The third kappa shape index (κ3) is 4.19. The topological polar surface area (TPSA) is 86.6 Å². The van der Waals surface area contributed by atoms with E-state index in [1.807, 2.05) is 0 Å².